The molecular formula is C16H23ClN2O3. The second-order valence-corrected chi connectivity index (χ2v) is 5.41. The molecule has 0 bridgehead atoms. The Labute approximate surface area is 136 Å². The van der Waals surface area contributed by atoms with Crippen molar-refractivity contribution in [1.82, 2.24) is 5.32 Å². The summed E-state index contributed by atoms with van der Waals surface area (Å²) in [6.07, 6.45) is 1.02. The summed E-state index contributed by atoms with van der Waals surface area (Å²) in [5.74, 6) is -0.195. The van der Waals surface area contributed by atoms with Crippen molar-refractivity contribution in [2.24, 2.45) is 0 Å². The first-order valence-corrected chi connectivity index (χ1v) is 7.64. The number of nitrogens with one attached hydrogen (secondary N) is 1. The number of nitrogens with zero attached hydrogens (tertiary/aromatic N) is 1. The summed E-state index contributed by atoms with van der Waals surface area (Å²) in [7, 11) is 1.62. The first-order valence-electron chi connectivity index (χ1n) is 7.26. The van der Waals surface area contributed by atoms with E-state index in [1.165, 1.54) is 6.92 Å². The highest BCUT2D eigenvalue weighted by atomic mass is 35.5. The lowest BCUT2D eigenvalue weighted by molar-refractivity contribution is -0.121. The highest BCUT2D eigenvalue weighted by molar-refractivity contribution is 6.31. The van der Waals surface area contributed by atoms with Crippen LogP contribution in [-0.2, 0) is 14.3 Å². The molecule has 0 aliphatic rings. The minimum atomic E-state index is -0.113. The van der Waals surface area contributed by atoms with Crippen LogP contribution < -0.4 is 10.2 Å². The van der Waals surface area contributed by atoms with Gasteiger partial charge in [0.15, 0.2) is 0 Å². The number of methoxy groups -OCH3 is 1. The molecule has 1 aromatic carbocycles. The van der Waals surface area contributed by atoms with Crippen molar-refractivity contribution in [3.8, 4) is 0 Å². The Morgan fingerprint density at radius 3 is 2.73 bits per heavy atom. The number of benzene rings is 1. The molecule has 2 amide bonds. The van der Waals surface area contributed by atoms with Gasteiger partial charge in [-0.1, -0.05) is 17.7 Å². The predicted octanol–water partition coefficient (Wildman–Crippen LogP) is 2.54. The number of halogens is 1. The van der Waals surface area contributed by atoms with Crippen molar-refractivity contribution in [1.29, 1.82) is 0 Å². The number of carbonyl (C=O) groups is 2. The summed E-state index contributed by atoms with van der Waals surface area (Å²) >= 11 is 6.09. The van der Waals surface area contributed by atoms with Crippen LogP contribution in [0.3, 0.4) is 0 Å². The molecule has 0 aliphatic carbocycles. The molecule has 1 aromatic rings. The third-order valence-electron chi connectivity index (χ3n) is 3.32. The van der Waals surface area contributed by atoms with E-state index in [1.807, 2.05) is 13.0 Å². The van der Waals surface area contributed by atoms with E-state index in [1.54, 1.807) is 24.1 Å². The molecule has 1 N–H and O–H groups in total. The molecule has 0 atom stereocenters. The smallest absolute Gasteiger partial charge is 0.223 e. The molecule has 5 nitrogen and oxygen atoms in total. The Hall–Kier alpha value is -1.59. The van der Waals surface area contributed by atoms with Crippen molar-refractivity contribution in [3.05, 3.63) is 28.8 Å². The maximum absolute atomic E-state index is 11.9. The fraction of sp³-hybridized carbons (Fsp3) is 0.500. The molecule has 0 unspecified atom stereocenters. The van der Waals surface area contributed by atoms with Gasteiger partial charge in [-0.15, -0.1) is 0 Å². The van der Waals surface area contributed by atoms with Gasteiger partial charge in [0.2, 0.25) is 11.8 Å². The van der Waals surface area contributed by atoms with Crippen LogP contribution in [0.1, 0.15) is 25.3 Å². The van der Waals surface area contributed by atoms with Crippen molar-refractivity contribution in [2.45, 2.75) is 26.7 Å². The van der Waals surface area contributed by atoms with Crippen molar-refractivity contribution < 1.29 is 14.3 Å². The molecule has 0 heterocycles. The average Bonchev–Trinajstić information content (AvgIpc) is 2.47. The number of amides is 2. The lowest BCUT2D eigenvalue weighted by Gasteiger charge is -2.23. The van der Waals surface area contributed by atoms with Gasteiger partial charge in [-0.25, -0.2) is 0 Å². The summed E-state index contributed by atoms with van der Waals surface area (Å²) in [5.41, 5.74) is 1.58. The van der Waals surface area contributed by atoms with Crippen molar-refractivity contribution in [2.75, 3.05) is 31.7 Å². The number of ether oxygens (including phenoxy) is 1. The van der Waals surface area contributed by atoms with Gasteiger partial charge in [0.05, 0.1) is 0 Å². The third kappa shape index (κ3) is 5.66. The van der Waals surface area contributed by atoms with Crippen LogP contribution in [0.25, 0.3) is 0 Å². The first kappa shape index (κ1) is 18.5. The number of hydrogen-bond donors (Lipinski definition) is 1. The van der Waals surface area contributed by atoms with Crippen LogP contribution in [0.5, 0.6) is 0 Å². The van der Waals surface area contributed by atoms with E-state index in [2.05, 4.69) is 5.32 Å². The maximum Gasteiger partial charge on any atom is 0.223 e. The van der Waals surface area contributed by atoms with Crippen LogP contribution in [-0.4, -0.2) is 38.6 Å². The van der Waals surface area contributed by atoms with Gasteiger partial charge in [-0.3, -0.25) is 9.59 Å². The van der Waals surface area contributed by atoms with E-state index in [-0.39, 0.29) is 18.2 Å². The molecule has 0 radical (unpaired) electrons. The Bertz CT molecular complexity index is 520. The zero-order valence-corrected chi connectivity index (χ0v) is 14.1. The van der Waals surface area contributed by atoms with Gasteiger partial charge < -0.3 is 15.0 Å². The van der Waals surface area contributed by atoms with Gasteiger partial charge in [0, 0.05) is 50.9 Å². The van der Waals surface area contributed by atoms with Crippen molar-refractivity contribution in [3.63, 3.8) is 0 Å². The fourth-order valence-corrected chi connectivity index (χ4v) is 2.25. The molecule has 0 saturated carbocycles. The predicted molar refractivity (Wildman–Crippen MR) is 88.3 cm³/mol. The standard InChI is InChI=1S/C16H23ClN2O3/c1-12-14(17)6-4-7-15(12)19(13(2)20)10-8-16(21)18-9-5-11-22-3/h4,6-7H,5,8-11H2,1-3H3,(H,18,21). The molecule has 0 aromatic heterocycles. The summed E-state index contributed by atoms with van der Waals surface area (Å²) in [6, 6.07) is 5.41. The molecule has 6 heteroatoms. The topological polar surface area (TPSA) is 58.6 Å². The summed E-state index contributed by atoms with van der Waals surface area (Å²) in [5, 5.41) is 3.41. The number of hydrogen-bond acceptors (Lipinski definition) is 3. The van der Waals surface area contributed by atoms with E-state index < -0.39 is 0 Å². The highest BCUT2D eigenvalue weighted by Gasteiger charge is 2.16. The Morgan fingerprint density at radius 2 is 2.09 bits per heavy atom. The van der Waals surface area contributed by atoms with E-state index in [0.29, 0.717) is 24.7 Å². The van der Waals surface area contributed by atoms with Crippen LogP contribution in [0.15, 0.2) is 18.2 Å². The largest absolute Gasteiger partial charge is 0.385 e. The Morgan fingerprint density at radius 1 is 1.36 bits per heavy atom. The minimum Gasteiger partial charge on any atom is -0.385 e. The normalized spacial score (nSPS) is 10.4. The number of rotatable bonds is 8. The van der Waals surface area contributed by atoms with E-state index in [9.17, 15) is 9.59 Å². The van der Waals surface area contributed by atoms with E-state index in [0.717, 1.165) is 17.7 Å². The van der Waals surface area contributed by atoms with Crippen LogP contribution >= 0.6 is 11.6 Å². The molecule has 0 fully saturated rings. The lowest BCUT2D eigenvalue weighted by atomic mass is 10.1. The van der Waals surface area contributed by atoms with Gasteiger partial charge in [0.25, 0.3) is 0 Å². The Balaban J connectivity index is 2.60. The first-order chi connectivity index (χ1) is 10.5. The van der Waals surface area contributed by atoms with E-state index >= 15 is 0 Å². The molecule has 22 heavy (non-hydrogen) atoms. The number of carbonyl (C=O) groups excluding carboxylic acids is 2. The van der Waals surface area contributed by atoms with Gasteiger partial charge >= 0.3 is 0 Å². The highest BCUT2D eigenvalue weighted by Crippen LogP contribution is 2.26. The molecule has 0 saturated heterocycles. The Kier molecular flexibility index (Phi) is 7.91. The zero-order valence-electron chi connectivity index (χ0n) is 13.3. The molecule has 122 valence electrons. The van der Waals surface area contributed by atoms with Crippen LogP contribution in [0.2, 0.25) is 5.02 Å². The summed E-state index contributed by atoms with van der Waals surface area (Å²) in [6.45, 7) is 4.85. The fourth-order valence-electron chi connectivity index (χ4n) is 2.08. The van der Waals surface area contributed by atoms with Gasteiger partial charge in [-0.2, -0.15) is 0 Å². The van der Waals surface area contributed by atoms with Crippen LogP contribution in [0, 0.1) is 6.92 Å². The molecule has 1 rings (SSSR count). The second-order valence-electron chi connectivity index (χ2n) is 5.00. The lowest BCUT2D eigenvalue weighted by Crippen LogP contribution is -2.34. The van der Waals surface area contributed by atoms with Gasteiger partial charge in [-0.05, 0) is 31.0 Å². The number of anilines is 1. The van der Waals surface area contributed by atoms with E-state index in [4.69, 9.17) is 16.3 Å². The summed E-state index contributed by atoms with van der Waals surface area (Å²) in [4.78, 5) is 25.2. The van der Waals surface area contributed by atoms with Crippen molar-refractivity contribution >= 4 is 29.1 Å². The average molecular weight is 327 g/mol. The quantitative estimate of drug-likeness (QED) is 0.747. The third-order valence-corrected chi connectivity index (χ3v) is 3.73. The minimum absolute atomic E-state index is 0.0814. The van der Waals surface area contributed by atoms with Gasteiger partial charge in [0.1, 0.15) is 0 Å². The van der Waals surface area contributed by atoms with Crippen LogP contribution in [0.4, 0.5) is 5.69 Å². The molecule has 0 aliphatic heterocycles. The SMILES string of the molecule is COCCCNC(=O)CCN(C(C)=O)c1cccc(Cl)c1C. The molecule has 0 spiro atoms. The monoisotopic (exact) mass is 326 g/mol. The zero-order chi connectivity index (χ0) is 16.5. The summed E-state index contributed by atoms with van der Waals surface area (Å²) < 4.78 is 4.92. The molecular weight excluding hydrogens is 304 g/mol. The second kappa shape index (κ2) is 9.43. The maximum atomic E-state index is 11.9.